The fraction of sp³-hybridized carbons (Fsp3) is 0.600. The largest absolute Gasteiger partial charge is 0.490 e. The molecule has 2 N–H and O–H groups in total. The maximum absolute atomic E-state index is 5.56. The molecule has 0 atom stereocenters. The molecule has 0 saturated heterocycles. The minimum absolute atomic E-state index is 0.290. The Labute approximate surface area is 83.5 Å². The van der Waals surface area contributed by atoms with Gasteiger partial charge in [-0.1, -0.05) is 12.8 Å². The number of nitrogens with zero attached hydrogens (tertiary/aromatic N) is 2. The molecule has 2 rings (SSSR count). The fourth-order valence-electron chi connectivity index (χ4n) is 1.79. The molecule has 1 heterocycles. The monoisotopic (exact) mass is 193 g/mol. The summed E-state index contributed by atoms with van der Waals surface area (Å²) < 4.78 is 5.56. The van der Waals surface area contributed by atoms with Gasteiger partial charge in [0.25, 0.3) is 0 Å². The van der Waals surface area contributed by atoms with E-state index < -0.39 is 0 Å². The topological polar surface area (TPSA) is 61.0 Å². The molecule has 0 unspecified atom stereocenters. The Kier molecular flexibility index (Phi) is 2.81. The molecule has 1 aromatic heterocycles. The molecule has 4 heteroatoms. The molecule has 0 aromatic carbocycles. The number of aromatic nitrogens is 2. The molecular weight excluding hydrogens is 178 g/mol. The van der Waals surface area contributed by atoms with Gasteiger partial charge >= 0.3 is 0 Å². The molecule has 14 heavy (non-hydrogen) atoms. The summed E-state index contributed by atoms with van der Waals surface area (Å²) >= 11 is 0. The fourth-order valence-corrected chi connectivity index (χ4v) is 1.79. The molecule has 0 radical (unpaired) electrons. The molecule has 0 bridgehead atoms. The highest BCUT2D eigenvalue weighted by atomic mass is 16.5. The van der Waals surface area contributed by atoms with E-state index in [9.17, 15) is 0 Å². The lowest BCUT2D eigenvalue weighted by Crippen LogP contribution is -2.08. The van der Waals surface area contributed by atoms with Crippen LogP contribution in [0.1, 0.15) is 25.7 Å². The number of nitrogens with two attached hydrogens (primary N) is 1. The van der Waals surface area contributed by atoms with Crippen LogP contribution in [0.2, 0.25) is 0 Å². The van der Waals surface area contributed by atoms with Gasteiger partial charge in [-0.15, -0.1) is 0 Å². The molecule has 76 valence electrons. The maximum Gasteiger partial charge on any atom is 0.220 e. The van der Waals surface area contributed by atoms with Crippen molar-refractivity contribution in [2.24, 2.45) is 5.92 Å². The highest BCUT2D eigenvalue weighted by Crippen LogP contribution is 2.25. The van der Waals surface area contributed by atoms with Crippen molar-refractivity contribution in [2.45, 2.75) is 25.7 Å². The van der Waals surface area contributed by atoms with E-state index in [1.54, 1.807) is 12.4 Å². The van der Waals surface area contributed by atoms with E-state index in [2.05, 4.69) is 9.97 Å². The van der Waals surface area contributed by atoms with Crippen LogP contribution in [0.4, 0.5) is 5.95 Å². The van der Waals surface area contributed by atoms with E-state index in [1.807, 2.05) is 0 Å². The molecular formula is C10H15N3O. The van der Waals surface area contributed by atoms with Gasteiger partial charge in [-0.2, -0.15) is 0 Å². The lowest BCUT2D eigenvalue weighted by Gasteiger charge is -2.10. The molecule has 4 nitrogen and oxygen atoms in total. The summed E-state index contributed by atoms with van der Waals surface area (Å²) in [6, 6.07) is 0. The summed E-state index contributed by atoms with van der Waals surface area (Å²) in [6.07, 6.45) is 8.50. The average Bonchev–Trinajstić information content (AvgIpc) is 2.70. The van der Waals surface area contributed by atoms with Crippen molar-refractivity contribution in [1.29, 1.82) is 0 Å². The van der Waals surface area contributed by atoms with Crippen molar-refractivity contribution < 1.29 is 4.74 Å². The van der Waals surface area contributed by atoms with Crippen molar-refractivity contribution >= 4 is 5.95 Å². The average molecular weight is 193 g/mol. The lowest BCUT2D eigenvalue weighted by molar-refractivity contribution is 0.250. The van der Waals surface area contributed by atoms with Crippen molar-refractivity contribution in [2.75, 3.05) is 12.3 Å². The molecule has 1 aliphatic rings. The van der Waals surface area contributed by atoms with Crippen LogP contribution in [0.15, 0.2) is 12.4 Å². The smallest absolute Gasteiger partial charge is 0.220 e. The van der Waals surface area contributed by atoms with Crippen molar-refractivity contribution in [3.63, 3.8) is 0 Å². The zero-order valence-electron chi connectivity index (χ0n) is 8.15. The highest BCUT2D eigenvalue weighted by Gasteiger charge is 2.15. The minimum atomic E-state index is 0.290. The van der Waals surface area contributed by atoms with Crippen LogP contribution in [-0.4, -0.2) is 16.6 Å². The summed E-state index contributed by atoms with van der Waals surface area (Å²) in [5, 5.41) is 0. The summed E-state index contributed by atoms with van der Waals surface area (Å²) in [4.78, 5) is 7.73. The van der Waals surface area contributed by atoms with Crippen molar-refractivity contribution in [3.8, 4) is 5.75 Å². The second-order valence-electron chi connectivity index (χ2n) is 3.74. The van der Waals surface area contributed by atoms with E-state index in [0.29, 0.717) is 17.6 Å². The summed E-state index contributed by atoms with van der Waals surface area (Å²) in [7, 11) is 0. The first kappa shape index (κ1) is 9.24. The Morgan fingerprint density at radius 2 is 1.93 bits per heavy atom. The number of hydrogen-bond donors (Lipinski definition) is 1. The van der Waals surface area contributed by atoms with Crippen molar-refractivity contribution in [3.05, 3.63) is 12.4 Å². The van der Waals surface area contributed by atoms with Crippen LogP contribution in [0, 0.1) is 5.92 Å². The van der Waals surface area contributed by atoms with Crippen LogP contribution in [0.3, 0.4) is 0 Å². The number of hydrogen-bond acceptors (Lipinski definition) is 4. The Bertz CT molecular complexity index is 280. The van der Waals surface area contributed by atoms with Gasteiger partial charge in [0.2, 0.25) is 5.95 Å². The van der Waals surface area contributed by atoms with E-state index in [-0.39, 0.29) is 0 Å². The maximum atomic E-state index is 5.56. The lowest BCUT2D eigenvalue weighted by atomic mass is 10.1. The van der Waals surface area contributed by atoms with Crippen LogP contribution < -0.4 is 10.5 Å². The number of rotatable bonds is 3. The standard InChI is InChI=1S/C10H15N3O/c11-10-12-5-9(6-13-10)14-7-8-3-1-2-4-8/h5-6,8H,1-4,7H2,(H2,11,12,13). The van der Waals surface area contributed by atoms with Gasteiger partial charge < -0.3 is 10.5 Å². The first-order valence-corrected chi connectivity index (χ1v) is 5.05. The Morgan fingerprint density at radius 1 is 1.29 bits per heavy atom. The van der Waals surface area contributed by atoms with Crippen molar-refractivity contribution in [1.82, 2.24) is 9.97 Å². The second kappa shape index (κ2) is 4.26. The molecule has 1 fully saturated rings. The first-order valence-electron chi connectivity index (χ1n) is 5.05. The third-order valence-electron chi connectivity index (χ3n) is 2.61. The van der Waals surface area contributed by atoms with Gasteiger partial charge in [-0.3, -0.25) is 0 Å². The summed E-state index contributed by atoms with van der Waals surface area (Å²) in [5.41, 5.74) is 5.37. The van der Waals surface area contributed by atoms with E-state index in [4.69, 9.17) is 10.5 Å². The highest BCUT2D eigenvalue weighted by molar-refractivity contribution is 5.20. The van der Waals surface area contributed by atoms with Crippen LogP contribution in [0.25, 0.3) is 0 Å². The number of anilines is 1. The molecule has 1 aromatic rings. The SMILES string of the molecule is Nc1ncc(OCC2CCCC2)cn1. The minimum Gasteiger partial charge on any atom is -0.490 e. The van der Waals surface area contributed by atoms with Crippen LogP contribution >= 0.6 is 0 Å². The van der Waals surface area contributed by atoms with E-state index >= 15 is 0 Å². The van der Waals surface area contributed by atoms with Gasteiger partial charge in [0.15, 0.2) is 5.75 Å². The van der Waals surface area contributed by atoms with Gasteiger partial charge in [0, 0.05) is 0 Å². The Hall–Kier alpha value is -1.32. The zero-order chi connectivity index (χ0) is 9.80. The number of nitrogen functional groups attached to an aromatic ring is 1. The quantitative estimate of drug-likeness (QED) is 0.792. The Balaban J connectivity index is 1.82. The second-order valence-corrected chi connectivity index (χ2v) is 3.74. The normalized spacial score (nSPS) is 17.1. The van der Waals surface area contributed by atoms with Gasteiger partial charge in [-0.25, -0.2) is 9.97 Å². The predicted molar refractivity (Wildman–Crippen MR) is 53.9 cm³/mol. The van der Waals surface area contributed by atoms with Crippen LogP contribution in [-0.2, 0) is 0 Å². The van der Waals surface area contributed by atoms with Crippen LogP contribution in [0.5, 0.6) is 5.75 Å². The zero-order valence-corrected chi connectivity index (χ0v) is 8.15. The molecule has 1 aliphatic carbocycles. The summed E-state index contributed by atoms with van der Waals surface area (Å²) in [6.45, 7) is 0.785. The molecule has 0 aliphatic heterocycles. The molecule has 1 saturated carbocycles. The number of ether oxygens (including phenoxy) is 1. The van der Waals surface area contributed by atoms with E-state index in [0.717, 1.165) is 6.61 Å². The third-order valence-corrected chi connectivity index (χ3v) is 2.61. The van der Waals surface area contributed by atoms with Gasteiger partial charge in [0.1, 0.15) is 0 Å². The molecule has 0 spiro atoms. The van der Waals surface area contributed by atoms with Gasteiger partial charge in [-0.05, 0) is 18.8 Å². The summed E-state index contributed by atoms with van der Waals surface area (Å²) in [5.74, 6) is 1.72. The van der Waals surface area contributed by atoms with Gasteiger partial charge in [0.05, 0.1) is 19.0 Å². The first-order chi connectivity index (χ1) is 6.84. The third kappa shape index (κ3) is 2.34. The van der Waals surface area contributed by atoms with E-state index in [1.165, 1.54) is 25.7 Å². The predicted octanol–water partition coefficient (Wildman–Crippen LogP) is 1.63. The Morgan fingerprint density at radius 3 is 2.57 bits per heavy atom. The molecule has 0 amide bonds.